The third-order valence-electron chi connectivity index (χ3n) is 5.44. The molecule has 0 N–H and O–H groups in total. The molecule has 0 spiro atoms. The molecule has 1 fully saturated rings. The van der Waals surface area contributed by atoms with Crippen LogP contribution in [0.1, 0.15) is 62.0 Å². The highest BCUT2D eigenvalue weighted by Crippen LogP contribution is 2.26. The topological polar surface area (TPSA) is 85.1 Å². The summed E-state index contributed by atoms with van der Waals surface area (Å²) in [7, 11) is 0. The first-order chi connectivity index (χ1) is 14.9. The van der Waals surface area contributed by atoms with Gasteiger partial charge in [0.1, 0.15) is 23.7 Å². The van der Waals surface area contributed by atoms with Crippen LogP contribution in [-0.4, -0.2) is 57.7 Å². The first-order valence-electron chi connectivity index (χ1n) is 10.8. The highest BCUT2D eigenvalue weighted by Gasteiger charge is 2.39. The summed E-state index contributed by atoms with van der Waals surface area (Å²) in [5, 5.41) is 3.94. The molecule has 1 saturated heterocycles. The molecular formula is C24H33N3O5. The molecule has 0 radical (unpaired) electrons. The van der Waals surface area contributed by atoms with E-state index in [0.29, 0.717) is 37.6 Å². The molecular weight excluding hydrogens is 410 g/mol. The van der Waals surface area contributed by atoms with Crippen molar-refractivity contribution in [2.45, 2.75) is 66.2 Å². The normalized spacial score (nSPS) is 16.1. The van der Waals surface area contributed by atoms with Crippen molar-refractivity contribution in [3.63, 3.8) is 0 Å². The number of hydrogen-bond donors (Lipinski definition) is 0. The zero-order valence-corrected chi connectivity index (χ0v) is 20.0. The fraction of sp³-hybridized carbons (Fsp3) is 0.542. The molecule has 32 heavy (non-hydrogen) atoms. The van der Waals surface area contributed by atoms with Gasteiger partial charge in [0.2, 0.25) is 0 Å². The minimum Gasteiger partial charge on any atom is -0.489 e. The second-order valence-electron chi connectivity index (χ2n) is 9.79. The van der Waals surface area contributed by atoms with Crippen LogP contribution < -0.4 is 4.74 Å². The first kappa shape index (κ1) is 23.6. The lowest BCUT2D eigenvalue weighted by atomic mass is 9.97. The molecule has 2 aromatic rings. The van der Waals surface area contributed by atoms with E-state index in [0.717, 1.165) is 17.0 Å². The molecule has 8 heteroatoms. The third kappa shape index (κ3) is 5.41. The van der Waals surface area contributed by atoms with Gasteiger partial charge in [0.15, 0.2) is 0 Å². The summed E-state index contributed by atoms with van der Waals surface area (Å²) in [4.78, 5) is 29.3. The van der Waals surface area contributed by atoms with Crippen LogP contribution in [0.15, 0.2) is 28.8 Å². The van der Waals surface area contributed by atoms with Crippen LogP contribution in [0.25, 0.3) is 0 Å². The molecule has 174 valence electrons. The number of carbonyl (C=O) groups excluding carboxylic acids is 2. The zero-order chi connectivity index (χ0) is 23.7. The molecule has 0 saturated carbocycles. The number of rotatable bonds is 4. The number of benzene rings is 1. The first-order valence-corrected chi connectivity index (χ1v) is 10.8. The molecule has 1 aromatic heterocycles. The fourth-order valence-electron chi connectivity index (χ4n) is 3.75. The Hall–Kier alpha value is -3.03. The van der Waals surface area contributed by atoms with Crippen molar-refractivity contribution < 1.29 is 23.6 Å². The molecule has 3 rings (SSSR count). The van der Waals surface area contributed by atoms with Gasteiger partial charge in [-0.2, -0.15) is 0 Å². The number of ether oxygens (including phenoxy) is 2. The molecule has 0 aliphatic carbocycles. The van der Waals surface area contributed by atoms with E-state index in [4.69, 9.17) is 14.0 Å². The van der Waals surface area contributed by atoms with E-state index in [2.05, 4.69) is 5.16 Å². The minimum atomic E-state index is -0.557. The summed E-state index contributed by atoms with van der Waals surface area (Å²) < 4.78 is 16.6. The quantitative estimate of drug-likeness (QED) is 0.699. The van der Waals surface area contributed by atoms with E-state index in [-0.39, 0.29) is 12.0 Å². The van der Waals surface area contributed by atoms with Crippen LogP contribution in [-0.2, 0) is 11.3 Å². The summed E-state index contributed by atoms with van der Waals surface area (Å²) >= 11 is 0. The Balaban J connectivity index is 1.68. The highest BCUT2D eigenvalue weighted by atomic mass is 16.6. The molecule has 8 nitrogen and oxygen atoms in total. The van der Waals surface area contributed by atoms with Crippen LogP contribution in [0, 0.1) is 13.8 Å². The Morgan fingerprint density at radius 1 is 1.19 bits per heavy atom. The number of piperazine rings is 1. The molecule has 2 heterocycles. The lowest BCUT2D eigenvalue weighted by Gasteiger charge is -2.47. The minimum absolute atomic E-state index is 0.0957. The number of nitrogens with zero attached hydrogens (tertiary/aromatic N) is 3. The van der Waals surface area contributed by atoms with Crippen molar-refractivity contribution >= 4 is 12.0 Å². The summed E-state index contributed by atoms with van der Waals surface area (Å²) in [5.41, 5.74) is 1.14. The number of aryl methyl sites for hydroxylation is 2. The SMILES string of the molecule is Cc1noc(C)c1COc1cccc(C(=O)N2CCN(C(=O)OC(C)(C)C)CC2(C)C)c1. The lowest BCUT2D eigenvalue weighted by Crippen LogP contribution is -2.62. The van der Waals surface area contributed by atoms with Gasteiger partial charge in [-0.25, -0.2) is 4.79 Å². The van der Waals surface area contributed by atoms with Gasteiger partial charge in [0.05, 0.1) is 16.8 Å². The Bertz CT molecular complexity index is 970. The lowest BCUT2D eigenvalue weighted by molar-refractivity contribution is -0.0109. The average Bonchev–Trinajstić information content (AvgIpc) is 3.01. The van der Waals surface area contributed by atoms with Crippen LogP contribution in [0.5, 0.6) is 5.75 Å². The van der Waals surface area contributed by atoms with E-state index in [9.17, 15) is 9.59 Å². The maximum absolute atomic E-state index is 13.3. The number of aromatic nitrogens is 1. The van der Waals surface area contributed by atoms with Gasteiger partial charge in [-0.3, -0.25) is 4.79 Å². The Morgan fingerprint density at radius 3 is 2.50 bits per heavy atom. The molecule has 0 bridgehead atoms. The van der Waals surface area contributed by atoms with Crippen molar-refractivity contribution in [1.82, 2.24) is 15.0 Å². The van der Waals surface area contributed by atoms with Crippen LogP contribution in [0.4, 0.5) is 4.79 Å². The van der Waals surface area contributed by atoms with Crippen molar-refractivity contribution in [2.75, 3.05) is 19.6 Å². The second-order valence-corrected chi connectivity index (χ2v) is 9.79. The van der Waals surface area contributed by atoms with Gasteiger partial charge in [-0.05, 0) is 66.7 Å². The molecule has 0 unspecified atom stereocenters. The van der Waals surface area contributed by atoms with E-state index in [1.807, 2.05) is 54.5 Å². The van der Waals surface area contributed by atoms with Crippen LogP contribution >= 0.6 is 0 Å². The largest absolute Gasteiger partial charge is 0.489 e. The van der Waals surface area contributed by atoms with Crippen molar-refractivity contribution in [1.29, 1.82) is 0 Å². The van der Waals surface area contributed by atoms with Crippen molar-refractivity contribution in [3.8, 4) is 5.75 Å². The molecule has 0 atom stereocenters. The van der Waals surface area contributed by atoms with E-state index in [1.54, 1.807) is 28.0 Å². The Labute approximate surface area is 189 Å². The van der Waals surface area contributed by atoms with Crippen LogP contribution in [0.2, 0.25) is 0 Å². The monoisotopic (exact) mass is 443 g/mol. The summed E-state index contributed by atoms with van der Waals surface area (Å²) in [5.74, 6) is 1.22. The molecule has 1 aliphatic rings. The number of amides is 2. The molecule has 1 aliphatic heterocycles. The van der Waals surface area contributed by atoms with Crippen molar-refractivity contribution in [3.05, 3.63) is 46.8 Å². The average molecular weight is 444 g/mol. The smallest absolute Gasteiger partial charge is 0.410 e. The summed E-state index contributed by atoms with van der Waals surface area (Å²) in [6.07, 6.45) is -0.354. The number of hydrogen-bond acceptors (Lipinski definition) is 6. The maximum Gasteiger partial charge on any atom is 0.410 e. The Morgan fingerprint density at radius 2 is 1.91 bits per heavy atom. The van der Waals surface area contributed by atoms with E-state index < -0.39 is 11.1 Å². The Kier molecular flexibility index (Phi) is 6.53. The summed E-state index contributed by atoms with van der Waals surface area (Å²) in [6.45, 7) is 14.7. The van der Waals surface area contributed by atoms with Gasteiger partial charge in [0, 0.05) is 25.2 Å². The standard InChI is InChI=1S/C24H33N3O5/c1-16-20(17(2)32-25-16)14-30-19-10-8-9-18(13-19)21(28)27-12-11-26(15-24(27,6)7)22(29)31-23(3,4)5/h8-10,13H,11-12,14-15H2,1-7H3. The third-order valence-corrected chi connectivity index (χ3v) is 5.44. The van der Waals surface area contributed by atoms with Gasteiger partial charge in [0.25, 0.3) is 5.91 Å². The highest BCUT2D eigenvalue weighted by molar-refractivity contribution is 5.95. The molecule has 1 aromatic carbocycles. The fourth-order valence-corrected chi connectivity index (χ4v) is 3.75. The van der Waals surface area contributed by atoms with Gasteiger partial charge in [-0.1, -0.05) is 11.2 Å². The predicted molar refractivity (Wildman–Crippen MR) is 120 cm³/mol. The maximum atomic E-state index is 13.3. The number of carbonyl (C=O) groups is 2. The van der Waals surface area contributed by atoms with E-state index >= 15 is 0 Å². The van der Waals surface area contributed by atoms with Crippen LogP contribution in [0.3, 0.4) is 0 Å². The predicted octanol–water partition coefficient (Wildman–Crippen LogP) is 4.34. The van der Waals surface area contributed by atoms with Gasteiger partial charge >= 0.3 is 6.09 Å². The van der Waals surface area contributed by atoms with Crippen molar-refractivity contribution in [2.24, 2.45) is 0 Å². The second kappa shape index (κ2) is 8.84. The zero-order valence-electron chi connectivity index (χ0n) is 20.0. The van der Waals surface area contributed by atoms with E-state index in [1.165, 1.54) is 0 Å². The van der Waals surface area contributed by atoms with Gasteiger partial charge in [-0.15, -0.1) is 0 Å². The molecule has 2 amide bonds. The van der Waals surface area contributed by atoms with Gasteiger partial charge < -0.3 is 23.8 Å². The summed E-state index contributed by atoms with van der Waals surface area (Å²) in [6, 6.07) is 7.15.